The van der Waals surface area contributed by atoms with Gasteiger partial charge in [-0.25, -0.2) is 13.6 Å². The molecular weight excluding hydrogens is 180 g/mol. The number of hydrogen-bond acceptors (Lipinski definition) is 2. The van der Waals surface area contributed by atoms with Gasteiger partial charge in [0.1, 0.15) is 0 Å². The first kappa shape index (κ1) is 11.9. The van der Waals surface area contributed by atoms with Gasteiger partial charge in [0.15, 0.2) is 0 Å². The molecule has 0 rings (SSSR count). The van der Waals surface area contributed by atoms with Crippen molar-refractivity contribution in [2.45, 2.75) is 19.8 Å². The molecule has 1 N–H and O–H groups in total. The number of hydrogen-bond donors (Lipinski definition) is 1. The molecule has 3 nitrogen and oxygen atoms in total. The molecule has 0 saturated heterocycles. The zero-order valence-electron chi connectivity index (χ0n) is 7.84. The minimum atomic E-state index is -2.75. The van der Waals surface area contributed by atoms with Crippen LogP contribution in [0.4, 0.5) is 8.78 Å². The van der Waals surface area contributed by atoms with Gasteiger partial charge in [-0.2, -0.15) is 0 Å². The topological polar surface area (TPSA) is 40.5 Å². The van der Waals surface area contributed by atoms with E-state index in [1.165, 1.54) is 21.0 Å². The van der Waals surface area contributed by atoms with Gasteiger partial charge in [-0.1, -0.05) is 6.92 Å². The highest BCUT2D eigenvalue weighted by Gasteiger charge is 2.21. The predicted octanol–water partition coefficient (Wildman–Crippen LogP) is 1.56. The molecular formula is C8H13F2NO2. The van der Waals surface area contributed by atoms with E-state index in [1.54, 1.807) is 0 Å². The number of carbonyl (C=O) groups is 1. The van der Waals surface area contributed by atoms with E-state index in [9.17, 15) is 13.6 Å². The number of carboxylic acid groups (broad SMARTS) is 1. The maximum atomic E-state index is 12.4. The zero-order valence-corrected chi connectivity index (χ0v) is 7.84. The number of allylic oxidation sites excluding steroid dienone is 1. The van der Waals surface area contributed by atoms with E-state index in [4.69, 9.17) is 5.11 Å². The minimum absolute atomic E-state index is 0.0905. The lowest BCUT2D eigenvalue weighted by molar-refractivity contribution is -0.133. The third kappa shape index (κ3) is 3.01. The van der Waals surface area contributed by atoms with E-state index in [-0.39, 0.29) is 12.0 Å². The van der Waals surface area contributed by atoms with Gasteiger partial charge in [0.25, 0.3) is 6.43 Å². The van der Waals surface area contributed by atoms with Crippen molar-refractivity contribution in [3.63, 3.8) is 0 Å². The van der Waals surface area contributed by atoms with Crippen LogP contribution in [0.1, 0.15) is 13.3 Å². The molecule has 0 aliphatic carbocycles. The number of carboxylic acids is 1. The van der Waals surface area contributed by atoms with Crippen molar-refractivity contribution in [2.75, 3.05) is 14.1 Å². The van der Waals surface area contributed by atoms with Gasteiger partial charge in [-0.3, -0.25) is 0 Å². The van der Waals surface area contributed by atoms with E-state index in [1.807, 2.05) is 0 Å². The van der Waals surface area contributed by atoms with E-state index in [0.29, 0.717) is 0 Å². The van der Waals surface area contributed by atoms with Gasteiger partial charge < -0.3 is 10.0 Å². The van der Waals surface area contributed by atoms with Gasteiger partial charge in [-0.05, 0) is 6.42 Å². The predicted molar refractivity (Wildman–Crippen MR) is 44.6 cm³/mol. The molecule has 0 aliphatic rings. The highest BCUT2D eigenvalue weighted by atomic mass is 19.3. The molecule has 13 heavy (non-hydrogen) atoms. The molecule has 0 aromatic carbocycles. The van der Waals surface area contributed by atoms with Gasteiger partial charge in [-0.15, -0.1) is 0 Å². The molecule has 0 bridgehead atoms. The standard InChI is InChI=1S/C8H13F2NO2/c1-4-5(8(12)13)6(7(9)10)11(2)3/h7H,4H2,1-3H3,(H,12,13). The molecule has 76 valence electrons. The molecule has 0 saturated carbocycles. The summed E-state index contributed by atoms with van der Waals surface area (Å²) >= 11 is 0. The van der Waals surface area contributed by atoms with Gasteiger partial charge >= 0.3 is 5.97 Å². The molecule has 0 amide bonds. The van der Waals surface area contributed by atoms with E-state index >= 15 is 0 Å². The third-order valence-corrected chi connectivity index (χ3v) is 1.61. The molecule has 0 aromatic heterocycles. The van der Waals surface area contributed by atoms with Crippen molar-refractivity contribution in [3.05, 3.63) is 11.3 Å². The molecule has 0 heterocycles. The molecule has 0 radical (unpaired) electrons. The summed E-state index contributed by atoms with van der Waals surface area (Å²) < 4.78 is 24.8. The molecule has 0 aliphatic heterocycles. The number of alkyl halides is 2. The Bertz CT molecular complexity index is 214. The SMILES string of the molecule is CCC(C(=O)O)=C(C(F)F)N(C)C. The number of nitrogens with zero attached hydrogens (tertiary/aromatic N) is 1. The molecule has 5 heteroatoms. The Kier molecular flexibility index (Phi) is 4.37. The number of rotatable bonds is 4. The van der Waals surface area contributed by atoms with Crippen LogP contribution in [0.25, 0.3) is 0 Å². The van der Waals surface area contributed by atoms with Crippen LogP contribution in [-0.2, 0) is 4.79 Å². The Labute approximate surface area is 75.7 Å². The van der Waals surface area contributed by atoms with Crippen molar-refractivity contribution in [2.24, 2.45) is 0 Å². The fourth-order valence-corrected chi connectivity index (χ4v) is 1.04. The van der Waals surface area contributed by atoms with Crippen LogP contribution in [0.15, 0.2) is 11.3 Å². The van der Waals surface area contributed by atoms with Gasteiger partial charge in [0.2, 0.25) is 0 Å². The number of aliphatic carboxylic acids is 1. The lowest BCUT2D eigenvalue weighted by atomic mass is 10.1. The second-order valence-corrected chi connectivity index (χ2v) is 2.72. The summed E-state index contributed by atoms with van der Waals surface area (Å²) in [5.41, 5.74) is -0.657. The highest BCUT2D eigenvalue weighted by molar-refractivity contribution is 5.87. The lowest BCUT2D eigenvalue weighted by Crippen LogP contribution is -2.22. The van der Waals surface area contributed by atoms with Crippen LogP contribution < -0.4 is 0 Å². The monoisotopic (exact) mass is 193 g/mol. The van der Waals surface area contributed by atoms with Crippen molar-refractivity contribution in [1.29, 1.82) is 0 Å². The normalized spacial score (nSPS) is 12.8. The highest BCUT2D eigenvalue weighted by Crippen LogP contribution is 2.18. The van der Waals surface area contributed by atoms with Crippen LogP contribution in [-0.4, -0.2) is 36.5 Å². The molecule has 0 aromatic rings. The molecule has 0 atom stereocenters. The smallest absolute Gasteiger partial charge is 0.333 e. The summed E-state index contributed by atoms with van der Waals surface area (Å²) in [5, 5.41) is 8.62. The van der Waals surface area contributed by atoms with Crippen molar-refractivity contribution in [1.82, 2.24) is 4.90 Å². The first-order valence-corrected chi connectivity index (χ1v) is 3.83. The zero-order chi connectivity index (χ0) is 10.6. The van der Waals surface area contributed by atoms with Gasteiger partial charge in [0.05, 0.1) is 11.3 Å². The molecule has 0 spiro atoms. The Hall–Kier alpha value is -1.13. The summed E-state index contributed by atoms with van der Waals surface area (Å²) in [7, 11) is 2.81. The molecule has 0 unspecified atom stereocenters. The van der Waals surface area contributed by atoms with Crippen LogP contribution in [0.2, 0.25) is 0 Å². The third-order valence-electron chi connectivity index (χ3n) is 1.61. The largest absolute Gasteiger partial charge is 0.478 e. The van der Waals surface area contributed by atoms with E-state index < -0.39 is 18.1 Å². The first-order chi connectivity index (χ1) is 5.91. The van der Waals surface area contributed by atoms with Crippen molar-refractivity contribution in [3.8, 4) is 0 Å². The van der Waals surface area contributed by atoms with Crippen LogP contribution in [0.3, 0.4) is 0 Å². The first-order valence-electron chi connectivity index (χ1n) is 3.83. The van der Waals surface area contributed by atoms with Gasteiger partial charge in [0, 0.05) is 14.1 Å². The Morgan fingerprint density at radius 3 is 2.00 bits per heavy atom. The van der Waals surface area contributed by atoms with Crippen LogP contribution >= 0.6 is 0 Å². The minimum Gasteiger partial charge on any atom is -0.478 e. The Morgan fingerprint density at radius 1 is 1.46 bits per heavy atom. The summed E-state index contributed by atoms with van der Waals surface area (Å²) in [5.74, 6) is -1.29. The second-order valence-electron chi connectivity index (χ2n) is 2.72. The fraction of sp³-hybridized carbons (Fsp3) is 0.625. The summed E-state index contributed by atoms with van der Waals surface area (Å²) in [6.45, 7) is 1.54. The van der Waals surface area contributed by atoms with E-state index in [2.05, 4.69) is 0 Å². The number of halogens is 2. The maximum Gasteiger partial charge on any atom is 0.333 e. The van der Waals surface area contributed by atoms with Crippen LogP contribution in [0, 0.1) is 0 Å². The summed E-state index contributed by atoms with van der Waals surface area (Å²) in [4.78, 5) is 11.7. The Balaban J connectivity index is 5.13. The second kappa shape index (κ2) is 4.79. The average molecular weight is 193 g/mol. The van der Waals surface area contributed by atoms with E-state index in [0.717, 1.165) is 4.90 Å². The van der Waals surface area contributed by atoms with Crippen LogP contribution in [0.5, 0.6) is 0 Å². The van der Waals surface area contributed by atoms with Crippen molar-refractivity contribution >= 4 is 5.97 Å². The quantitative estimate of drug-likeness (QED) is 0.689. The average Bonchev–Trinajstić information content (AvgIpc) is 1.97. The summed E-state index contributed by atoms with van der Waals surface area (Å²) in [6.07, 6.45) is -2.66. The summed E-state index contributed by atoms with van der Waals surface area (Å²) in [6, 6.07) is 0. The Morgan fingerprint density at radius 2 is 1.92 bits per heavy atom. The maximum absolute atomic E-state index is 12.4. The van der Waals surface area contributed by atoms with Crippen molar-refractivity contribution < 1.29 is 18.7 Å². The molecule has 0 fully saturated rings. The lowest BCUT2D eigenvalue weighted by Gasteiger charge is -2.18. The fourth-order valence-electron chi connectivity index (χ4n) is 1.04.